The molecule has 0 fully saturated rings. The summed E-state index contributed by atoms with van der Waals surface area (Å²) in [6.45, 7) is 3.95. The summed E-state index contributed by atoms with van der Waals surface area (Å²) in [7, 11) is 0. The third kappa shape index (κ3) is 1.94. The molecule has 1 aliphatic rings. The van der Waals surface area contributed by atoms with Gasteiger partial charge < -0.3 is 5.11 Å². The molecule has 0 saturated carbocycles. The van der Waals surface area contributed by atoms with Crippen molar-refractivity contribution in [3.63, 3.8) is 0 Å². The average molecular weight is 272 g/mol. The number of aliphatic hydroxyl groups is 1. The zero-order valence-corrected chi connectivity index (χ0v) is 11.8. The van der Waals surface area contributed by atoms with Gasteiger partial charge in [0, 0.05) is 26.9 Å². The van der Waals surface area contributed by atoms with E-state index in [0.29, 0.717) is 6.42 Å². The smallest absolute Gasteiger partial charge is 0.191 e. The van der Waals surface area contributed by atoms with E-state index in [-0.39, 0.29) is 11.3 Å². The molecule has 0 saturated heterocycles. The van der Waals surface area contributed by atoms with Gasteiger partial charge in [-0.15, -0.1) is 11.3 Å². The molecule has 1 heterocycles. The van der Waals surface area contributed by atoms with Crippen molar-refractivity contribution < 1.29 is 5.11 Å². The standard InChI is InChI=1S/C16H16O2S/c1-10(2)16(18)8-7-14-12(9-16)15(17)11-5-3-4-6-13(11)19-14/h3-8,10,18H,9H2,1-2H3. The van der Waals surface area contributed by atoms with Crippen molar-refractivity contribution in [1.29, 1.82) is 0 Å². The summed E-state index contributed by atoms with van der Waals surface area (Å²) in [6.07, 6.45) is 4.15. The van der Waals surface area contributed by atoms with E-state index in [9.17, 15) is 9.90 Å². The van der Waals surface area contributed by atoms with E-state index in [1.165, 1.54) is 0 Å². The largest absolute Gasteiger partial charge is 0.385 e. The highest BCUT2D eigenvalue weighted by Gasteiger charge is 2.33. The highest BCUT2D eigenvalue weighted by molar-refractivity contribution is 7.19. The van der Waals surface area contributed by atoms with Gasteiger partial charge in [-0.3, -0.25) is 4.79 Å². The first-order chi connectivity index (χ1) is 9.01. The molecule has 0 radical (unpaired) electrons. The van der Waals surface area contributed by atoms with Gasteiger partial charge in [0.15, 0.2) is 5.43 Å². The van der Waals surface area contributed by atoms with Crippen LogP contribution in [-0.4, -0.2) is 10.7 Å². The van der Waals surface area contributed by atoms with E-state index in [4.69, 9.17) is 0 Å². The number of benzene rings is 1. The quantitative estimate of drug-likeness (QED) is 0.865. The van der Waals surface area contributed by atoms with Crippen LogP contribution in [0.25, 0.3) is 16.2 Å². The lowest BCUT2D eigenvalue weighted by Crippen LogP contribution is -2.38. The molecule has 98 valence electrons. The molecule has 1 N–H and O–H groups in total. The first-order valence-electron chi connectivity index (χ1n) is 6.47. The van der Waals surface area contributed by atoms with Crippen LogP contribution in [0.3, 0.4) is 0 Å². The van der Waals surface area contributed by atoms with Crippen LogP contribution >= 0.6 is 11.3 Å². The summed E-state index contributed by atoms with van der Waals surface area (Å²) in [5.74, 6) is 0.0905. The van der Waals surface area contributed by atoms with Crippen molar-refractivity contribution in [2.75, 3.05) is 0 Å². The van der Waals surface area contributed by atoms with Gasteiger partial charge in [0.2, 0.25) is 0 Å². The molecule has 1 unspecified atom stereocenters. The van der Waals surface area contributed by atoms with E-state index >= 15 is 0 Å². The molecule has 19 heavy (non-hydrogen) atoms. The second-order valence-electron chi connectivity index (χ2n) is 5.43. The van der Waals surface area contributed by atoms with Gasteiger partial charge in [0.1, 0.15) is 0 Å². The van der Waals surface area contributed by atoms with E-state index in [1.807, 2.05) is 50.3 Å². The topological polar surface area (TPSA) is 37.3 Å². The molecular weight excluding hydrogens is 256 g/mol. The second-order valence-corrected chi connectivity index (χ2v) is 6.51. The monoisotopic (exact) mass is 272 g/mol. The highest BCUT2D eigenvalue weighted by Crippen LogP contribution is 2.33. The van der Waals surface area contributed by atoms with Crippen LogP contribution in [0.15, 0.2) is 35.1 Å². The van der Waals surface area contributed by atoms with Crippen LogP contribution in [-0.2, 0) is 6.42 Å². The van der Waals surface area contributed by atoms with E-state index in [2.05, 4.69) is 0 Å². The fraction of sp³-hybridized carbons (Fsp3) is 0.312. The molecule has 2 nitrogen and oxygen atoms in total. The number of fused-ring (bicyclic) bond motifs is 2. The highest BCUT2D eigenvalue weighted by atomic mass is 32.1. The van der Waals surface area contributed by atoms with Crippen molar-refractivity contribution in [3.05, 3.63) is 51.0 Å². The zero-order chi connectivity index (χ0) is 13.6. The average Bonchev–Trinajstić information content (AvgIpc) is 2.40. The summed E-state index contributed by atoms with van der Waals surface area (Å²) in [4.78, 5) is 13.5. The van der Waals surface area contributed by atoms with Crippen molar-refractivity contribution in [1.82, 2.24) is 0 Å². The summed E-state index contributed by atoms with van der Waals surface area (Å²) in [6, 6.07) is 7.66. The minimum atomic E-state index is -0.901. The molecule has 0 amide bonds. The molecule has 1 aromatic heterocycles. The lowest BCUT2D eigenvalue weighted by atomic mass is 9.81. The Balaban J connectivity index is 2.26. The van der Waals surface area contributed by atoms with Gasteiger partial charge >= 0.3 is 0 Å². The van der Waals surface area contributed by atoms with E-state index in [1.54, 1.807) is 11.3 Å². The molecule has 2 aromatic rings. The number of rotatable bonds is 1. The second kappa shape index (κ2) is 4.29. The third-order valence-corrected chi connectivity index (χ3v) is 5.08. The molecular formula is C16H16O2S. The zero-order valence-electron chi connectivity index (χ0n) is 11.0. The normalized spacial score (nSPS) is 21.9. The maximum atomic E-state index is 12.5. The van der Waals surface area contributed by atoms with Crippen LogP contribution < -0.4 is 5.43 Å². The number of hydrogen-bond acceptors (Lipinski definition) is 3. The third-order valence-electron chi connectivity index (χ3n) is 3.91. The van der Waals surface area contributed by atoms with Gasteiger partial charge in [-0.05, 0) is 24.1 Å². The molecule has 0 bridgehead atoms. The predicted molar refractivity (Wildman–Crippen MR) is 80.6 cm³/mol. The van der Waals surface area contributed by atoms with Gasteiger partial charge in [0.05, 0.1) is 5.60 Å². The first-order valence-corrected chi connectivity index (χ1v) is 7.29. The minimum absolute atomic E-state index is 0.0628. The Hall–Kier alpha value is -1.45. The molecule has 0 spiro atoms. The van der Waals surface area contributed by atoms with Crippen LogP contribution in [0, 0.1) is 5.92 Å². The molecule has 3 heteroatoms. The maximum absolute atomic E-state index is 12.5. The Morgan fingerprint density at radius 2 is 2.05 bits per heavy atom. The van der Waals surface area contributed by atoms with Crippen molar-refractivity contribution >= 4 is 27.5 Å². The van der Waals surface area contributed by atoms with Crippen LogP contribution in [0.5, 0.6) is 0 Å². The fourth-order valence-corrected chi connectivity index (χ4v) is 3.54. The summed E-state index contributed by atoms with van der Waals surface area (Å²) < 4.78 is 1.01. The van der Waals surface area contributed by atoms with Crippen LogP contribution in [0.1, 0.15) is 24.3 Å². The summed E-state index contributed by atoms with van der Waals surface area (Å²) >= 11 is 1.62. The van der Waals surface area contributed by atoms with E-state index in [0.717, 1.165) is 20.5 Å². The maximum Gasteiger partial charge on any atom is 0.191 e. The Morgan fingerprint density at radius 3 is 2.79 bits per heavy atom. The van der Waals surface area contributed by atoms with Gasteiger partial charge in [-0.1, -0.05) is 32.1 Å². The van der Waals surface area contributed by atoms with Crippen LogP contribution in [0.2, 0.25) is 0 Å². The molecule has 1 atom stereocenters. The molecule has 0 aliphatic heterocycles. The van der Waals surface area contributed by atoms with E-state index < -0.39 is 5.60 Å². The Kier molecular flexibility index (Phi) is 2.84. The molecule has 1 aliphatic carbocycles. The Labute approximate surface area is 116 Å². The van der Waals surface area contributed by atoms with Crippen molar-refractivity contribution in [3.8, 4) is 0 Å². The van der Waals surface area contributed by atoms with Crippen LogP contribution in [0.4, 0.5) is 0 Å². The lowest BCUT2D eigenvalue weighted by Gasteiger charge is -2.32. The summed E-state index contributed by atoms with van der Waals surface area (Å²) in [5, 5.41) is 11.3. The lowest BCUT2D eigenvalue weighted by molar-refractivity contribution is 0.0431. The van der Waals surface area contributed by atoms with Gasteiger partial charge in [0.25, 0.3) is 0 Å². The number of hydrogen-bond donors (Lipinski definition) is 1. The Morgan fingerprint density at radius 1 is 1.32 bits per heavy atom. The predicted octanol–water partition coefficient (Wildman–Crippen LogP) is 3.22. The minimum Gasteiger partial charge on any atom is -0.385 e. The molecule has 1 aromatic carbocycles. The van der Waals surface area contributed by atoms with Crippen molar-refractivity contribution in [2.45, 2.75) is 25.9 Å². The first kappa shape index (κ1) is 12.6. The fourth-order valence-electron chi connectivity index (χ4n) is 2.46. The Bertz CT molecular complexity index is 727. The van der Waals surface area contributed by atoms with Crippen molar-refractivity contribution in [2.24, 2.45) is 5.92 Å². The summed E-state index contributed by atoms with van der Waals surface area (Å²) in [5.41, 5.74) is -0.0865. The molecule has 3 rings (SSSR count). The SMILES string of the molecule is CC(C)C1(O)C=Cc2sc3ccccc3c(=O)c2C1. The van der Waals surface area contributed by atoms with Gasteiger partial charge in [-0.2, -0.15) is 0 Å². The van der Waals surface area contributed by atoms with Gasteiger partial charge in [-0.25, -0.2) is 0 Å².